The maximum absolute atomic E-state index is 12.9. The predicted octanol–water partition coefficient (Wildman–Crippen LogP) is 2.64. The normalized spacial score (nSPS) is 15.6. The molecule has 12 heteroatoms. The van der Waals surface area contributed by atoms with Crippen molar-refractivity contribution < 1.29 is 22.5 Å². The number of nitrogens with zero attached hydrogens (tertiary/aromatic N) is 3. The van der Waals surface area contributed by atoms with Gasteiger partial charge in [0.15, 0.2) is 0 Å². The van der Waals surface area contributed by atoms with Crippen LogP contribution >= 0.6 is 11.6 Å². The Balaban J connectivity index is 1.63. The van der Waals surface area contributed by atoms with E-state index in [1.54, 1.807) is 4.90 Å². The molecule has 166 valence electrons. The predicted molar refractivity (Wildman–Crippen MR) is 113 cm³/mol. The third kappa shape index (κ3) is 5.37. The zero-order chi connectivity index (χ0) is 22.8. The molecule has 1 amide bonds. The molecule has 0 atom stereocenters. The lowest BCUT2D eigenvalue weighted by molar-refractivity contribution is -0.385. The molecule has 0 bridgehead atoms. The number of anilines is 1. The first-order chi connectivity index (χ1) is 14.6. The minimum Gasteiger partial charge on any atom is -0.325 e. The molecule has 3 rings (SSSR count). The zero-order valence-corrected chi connectivity index (χ0v) is 18.1. The first kappa shape index (κ1) is 23.1. The molecule has 0 saturated carbocycles. The van der Waals surface area contributed by atoms with Crippen LogP contribution < -0.4 is 5.32 Å². The fourth-order valence-corrected chi connectivity index (χ4v) is 4.94. The summed E-state index contributed by atoms with van der Waals surface area (Å²) in [5.41, 5.74) is 0.301. The van der Waals surface area contributed by atoms with Gasteiger partial charge in [0, 0.05) is 43.5 Å². The van der Waals surface area contributed by atoms with Gasteiger partial charge in [0.05, 0.1) is 21.4 Å². The summed E-state index contributed by atoms with van der Waals surface area (Å²) in [5, 5.41) is 13.9. The van der Waals surface area contributed by atoms with Crippen LogP contribution in [0.15, 0.2) is 41.3 Å². The van der Waals surface area contributed by atoms with Crippen molar-refractivity contribution in [2.24, 2.45) is 0 Å². The topological polar surface area (TPSA) is 113 Å². The molecule has 1 aliphatic heterocycles. The van der Waals surface area contributed by atoms with Gasteiger partial charge in [-0.25, -0.2) is 12.8 Å². The highest BCUT2D eigenvalue weighted by atomic mass is 35.5. The van der Waals surface area contributed by atoms with Crippen LogP contribution in [0.2, 0.25) is 5.02 Å². The smallest absolute Gasteiger partial charge is 0.275 e. The van der Waals surface area contributed by atoms with E-state index in [9.17, 15) is 27.7 Å². The summed E-state index contributed by atoms with van der Waals surface area (Å²) in [6.07, 6.45) is 0. The van der Waals surface area contributed by atoms with Crippen LogP contribution in [-0.4, -0.2) is 61.2 Å². The van der Waals surface area contributed by atoms with Crippen LogP contribution in [0.5, 0.6) is 0 Å². The lowest BCUT2D eigenvalue weighted by Crippen LogP contribution is -2.50. The number of carbonyl (C=O) groups excluding carboxylic acids is 1. The summed E-state index contributed by atoms with van der Waals surface area (Å²) in [6, 6.07) is 7.59. The monoisotopic (exact) mass is 470 g/mol. The number of hydrogen-bond donors (Lipinski definition) is 1. The molecule has 31 heavy (non-hydrogen) atoms. The van der Waals surface area contributed by atoms with E-state index in [1.165, 1.54) is 41.6 Å². The van der Waals surface area contributed by atoms with Crippen molar-refractivity contribution in [1.29, 1.82) is 0 Å². The first-order valence-corrected chi connectivity index (χ1v) is 11.1. The van der Waals surface area contributed by atoms with Crippen LogP contribution in [0.3, 0.4) is 0 Å². The van der Waals surface area contributed by atoms with E-state index in [0.29, 0.717) is 18.8 Å². The molecule has 1 heterocycles. The van der Waals surface area contributed by atoms with Crippen molar-refractivity contribution in [3.8, 4) is 0 Å². The van der Waals surface area contributed by atoms with Gasteiger partial charge in [0.1, 0.15) is 5.82 Å². The number of nitro groups is 1. The maximum atomic E-state index is 12.9. The Bertz CT molecular complexity index is 1100. The van der Waals surface area contributed by atoms with Crippen LogP contribution in [0.1, 0.15) is 5.56 Å². The highest BCUT2D eigenvalue weighted by molar-refractivity contribution is 7.89. The maximum Gasteiger partial charge on any atom is 0.275 e. The van der Waals surface area contributed by atoms with Gasteiger partial charge in [-0.3, -0.25) is 19.8 Å². The Kier molecular flexibility index (Phi) is 6.90. The standard InChI is InChI=1S/C19H20ClFN4O5S/c1-13-17(20)10-16(11-18(13)25(27)28)31(29,30)24-8-6-23(7-9-24)12-19(26)22-15-4-2-14(21)3-5-15/h2-5,10-11H,6-9,12H2,1H3,(H,22,26). The summed E-state index contributed by atoms with van der Waals surface area (Å²) in [6.45, 7) is 2.34. The Morgan fingerprint density at radius 1 is 1.19 bits per heavy atom. The van der Waals surface area contributed by atoms with Crippen molar-refractivity contribution in [2.75, 3.05) is 38.0 Å². The van der Waals surface area contributed by atoms with Crippen molar-refractivity contribution in [2.45, 2.75) is 11.8 Å². The molecule has 1 N–H and O–H groups in total. The van der Waals surface area contributed by atoms with E-state index >= 15 is 0 Å². The second kappa shape index (κ2) is 9.27. The average Bonchev–Trinajstić information content (AvgIpc) is 2.71. The molecule has 0 radical (unpaired) electrons. The summed E-state index contributed by atoms with van der Waals surface area (Å²) >= 11 is 6.00. The number of sulfonamides is 1. The molecule has 1 aliphatic rings. The van der Waals surface area contributed by atoms with Gasteiger partial charge in [-0.1, -0.05) is 11.6 Å². The number of piperazine rings is 1. The summed E-state index contributed by atoms with van der Waals surface area (Å²) in [5.74, 6) is -0.709. The number of nitrogens with one attached hydrogen (secondary N) is 1. The quantitative estimate of drug-likeness (QED) is 0.513. The van der Waals surface area contributed by atoms with Gasteiger partial charge < -0.3 is 5.32 Å². The lowest BCUT2D eigenvalue weighted by atomic mass is 10.2. The third-order valence-electron chi connectivity index (χ3n) is 4.95. The number of hydrogen-bond acceptors (Lipinski definition) is 6. The molecule has 2 aromatic carbocycles. The number of carbonyl (C=O) groups is 1. The fourth-order valence-electron chi connectivity index (χ4n) is 3.19. The molecule has 0 aromatic heterocycles. The Labute approximate surface area is 183 Å². The molecule has 0 unspecified atom stereocenters. The second-order valence-corrected chi connectivity index (χ2v) is 9.39. The number of amides is 1. The van der Waals surface area contributed by atoms with Crippen LogP contribution in [0, 0.1) is 22.9 Å². The Hall–Kier alpha value is -2.60. The van der Waals surface area contributed by atoms with Crippen molar-refractivity contribution in [1.82, 2.24) is 9.21 Å². The van der Waals surface area contributed by atoms with E-state index in [1.807, 2.05) is 0 Å². The van der Waals surface area contributed by atoms with Crippen molar-refractivity contribution >= 4 is 38.9 Å². The Morgan fingerprint density at radius 3 is 2.39 bits per heavy atom. The van der Waals surface area contributed by atoms with E-state index in [2.05, 4.69) is 5.32 Å². The van der Waals surface area contributed by atoms with Crippen LogP contribution in [-0.2, 0) is 14.8 Å². The minimum absolute atomic E-state index is 0.00359. The molecular weight excluding hydrogens is 451 g/mol. The molecule has 0 spiro atoms. The van der Waals surface area contributed by atoms with E-state index < -0.39 is 20.8 Å². The summed E-state index contributed by atoms with van der Waals surface area (Å²) in [4.78, 5) is 24.3. The van der Waals surface area contributed by atoms with Crippen LogP contribution in [0.4, 0.5) is 15.8 Å². The molecule has 9 nitrogen and oxygen atoms in total. The highest BCUT2D eigenvalue weighted by Gasteiger charge is 2.31. The first-order valence-electron chi connectivity index (χ1n) is 9.30. The highest BCUT2D eigenvalue weighted by Crippen LogP contribution is 2.31. The van der Waals surface area contributed by atoms with Gasteiger partial charge in [-0.15, -0.1) is 0 Å². The molecule has 0 aliphatic carbocycles. The summed E-state index contributed by atoms with van der Waals surface area (Å²) < 4.78 is 40.0. The van der Waals surface area contributed by atoms with Gasteiger partial charge in [-0.05, 0) is 37.3 Å². The van der Waals surface area contributed by atoms with E-state index in [4.69, 9.17) is 11.6 Å². The number of halogens is 2. The van der Waals surface area contributed by atoms with Gasteiger partial charge in [-0.2, -0.15) is 4.31 Å². The number of benzene rings is 2. The average molecular weight is 471 g/mol. The SMILES string of the molecule is Cc1c(Cl)cc(S(=O)(=O)N2CCN(CC(=O)Nc3ccc(F)cc3)CC2)cc1[N+](=O)[O-]. The fraction of sp³-hybridized carbons (Fsp3) is 0.316. The lowest BCUT2D eigenvalue weighted by Gasteiger charge is -2.33. The number of rotatable bonds is 6. The van der Waals surface area contributed by atoms with E-state index in [-0.39, 0.29) is 46.7 Å². The Morgan fingerprint density at radius 2 is 1.81 bits per heavy atom. The molecule has 1 saturated heterocycles. The van der Waals surface area contributed by atoms with Crippen molar-refractivity contribution in [3.63, 3.8) is 0 Å². The second-order valence-electron chi connectivity index (χ2n) is 7.04. The van der Waals surface area contributed by atoms with Crippen LogP contribution in [0.25, 0.3) is 0 Å². The zero-order valence-electron chi connectivity index (χ0n) is 16.5. The summed E-state index contributed by atoms with van der Waals surface area (Å²) in [7, 11) is -3.98. The van der Waals surface area contributed by atoms with E-state index in [0.717, 1.165) is 6.07 Å². The van der Waals surface area contributed by atoms with Gasteiger partial charge in [0.2, 0.25) is 15.9 Å². The number of nitro benzene ring substituents is 1. The van der Waals surface area contributed by atoms with Gasteiger partial charge >= 0.3 is 0 Å². The molecular formula is C19H20ClFN4O5S. The van der Waals surface area contributed by atoms with Gasteiger partial charge in [0.25, 0.3) is 5.69 Å². The molecule has 2 aromatic rings. The molecule has 1 fully saturated rings. The third-order valence-corrected chi connectivity index (χ3v) is 7.22. The van der Waals surface area contributed by atoms with Crippen molar-refractivity contribution in [3.05, 3.63) is 62.9 Å². The minimum atomic E-state index is -3.98. The largest absolute Gasteiger partial charge is 0.325 e.